The van der Waals surface area contributed by atoms with Crippen molar-refractivity contribution in [2.24, 2.45) is 5.73 Å². The third kappa shape index (κ3) is 3.12. The minimum absolute atomic E-state index is 0.0926. The Morgan fingerprint density at radius 2 is 2.28 bits per heavy atom. The average molecular weight is 264 g/mol. The molecular weight excluding hydrogens is 246 g/mol. The van der Waals surface area contributed by atoms with Crippen LogP contribution in [-0.2, 0) is 13.0 Å². The smallest absolute Gasteiger partial charge is 0.125 e. The molecule has 1 aromatic heterocycles. The van der Waals surface area contributed by atoms with Gasteiger partial charge in [0.2, 0.25) is 0 Å². The molecule has 0 saturated heterocycles. The molecule has 0 saturated carbocycles. The molecule has 1 aromatic carbocycles. The predicted octanol–water partition coefficient (Wildman–Crippen LogP) is 3.19. The highest BCUT2D eigenvalue weighted by molar-refractivity contribution is 6.30. The van der Waals surface area contributed by atoms with E-state index >= 15 is 0 Å². The van der Waals surface area contributed by atoms with Gasteiger partial charge in [-0.25, -0.2) is 4.98 Å². The van der Waals surface area contributed by atoms with Gasteiger partial charge >= 0.3 is 0 Å². The van der Waals surface area contributed by atoms with Crippen molar-refractivity contribution in [3.05, 3.63) is 53.1 Å². The summed E-state index contributed by atoms with van der Waals surface area (Å²) < 4.78 is 2.12. The fraction of sp³-hybridized carbons (Fsp3) is 0.357. The van der Waals surface area contributed by atoms with Gasteiger partial charge in [-0.2, -0.15) is 0 Å². The van der Waals surface area contributed by atoms with Crippen LogP contribution in [0.3, 0.4) is 0 Å². The number of imidazole rings is 1. The molecule has 0 aliphatic carbocycles. The van der Waals surface area contributed by atoms with Crippen LogP contribution in [-0.4, -0.2) is 9.55 Å². The number of aryl methyl sites for hydroxylation is 1. The van der Waals surface area contributed by atoms with E-state index in [1.807, 2.05) is 36.7 Å². The van der Waals surface area contributed by atoms with Crippen molar-refractivity contribution in [1.82, 2.24) is 9.55 Å². The third-order valence-corrected chi connectivity index (χ3v) is 3.12. The van der Waals surface area contributed by atoms with Gasteiger partial charge in [0, 0.05) is 24.0 Å². The minimum Gasteiger partial charge on any atom is -0.334 e. The molecule has 2 rings (SSSR count). The summed E-state index contributed by atoms with van der Waals surface area (Å²) in [6, 6.07) is 7.72. The highest BCUT2D eigenvalue weighted by Gasteiger charge is 2.12. The van der Waals surface area contributed by atoms with E-state index in [0.29, 0.717) is 0 Å². The molecule has 0 spiro atoms. The highest BCUT2D eigenvalue weighted by atomic mass is 35.5. The average Bonchev–Trinajstić information content (AvgIpc) is 2.78. The summed E-state index contributed by atoms with van der Waals surface area (Å²) in [6.45, 7) is 3.10. The van der Waals surface area contributed by atoms with E-state index in [-0.39, 0.29) is 6.04 Å². The monoisotopic (exact) mass is 263 g/mol. The molecule has 3 nitrogen and oxygen atoms in total. The number of hydrogen-bond acceptors (Lipinski definition) is 2. The Labute approximate surface area is 113 Å². The van der Waals surface area contributed by atoms with Crippen molar-refractivity contribution in [2.45, 2.75) is 32.4 Å². The topological polar surface area (TPSA) is 43.8 Å². The van der Waals surface area contributed by atoms with Crippen LogP contribution in [0.25, 0.3) is 0 Å². The number of hydrogen-bond donors (Lipinski definition) is 1. The maximum Gasteiger partial charge on any atom is 0.125 e. The Bertz CT molecular complexity index is 507. The number of benzene rings is 1. The fourth-order valence-corrected chi connectivity index (χ4v) is 2.30. The van der Waals surface area contributed by atoms with E-state index in [0.717, 1.165) is 35.8 Å². The van der Waals surface area contributed by atoms with Gasteiger partial charge in [-0.3, -0.25) is 0 Å². The molecule has 2 N–H and O–H groups in total. The molecule has 0 aliphatic heterocycles. The van der Waals surface area contributed by atoms with E-state index in [2.05, 4.69) is 16.5 Å². The van der Waals surface area contributed by atoms with Gasteiger partial charge in [-0.15, -0.1) is 0 Å². The van der Waals surface area contributed by atoms with Crippen molar-refractivity contribution in [3.63, 3.8) is 0 Å². The van der Waals surface area contributed by atoms with Crippen LogP contribution in [0.5, 0.6) is 0 Å². The van der Waals surface area contributed by atoms with Crippen molar-refractivity contribution in [2.75, 3.05) is 0 Å². The molecule has 0 amide bonds. The van der Waals surface area contributed by atoms with Crippen LogP contribution in [0.1, 0.15) is 30.8 Å². The summed E-state index contributed by atoms with van der Waals surface area (Å²) >= 11 is 5.97. The molecule has 1 heterocycles. The summed E-state index contributed by atoms with van der Waals surface area (Å²) in [5.41, 5.74) is 7.37. The Morgan fingerprint density at radius 3 is 3.00 bits per heavy atom. The Hall–Kier alpha value is -1.32. The number of halogens is 1. The normalized spacial score (nSPS) is 12.6. The minimum atomic E-state index is -0.0926. The van der Waals surface area contributed by atoms with Gasteiger partial charge in [-0.05, 0) is 30.5 Å². The summed E-state index contributed by atoms with van der Waals surface area (Å²) in [6.07, 6.45) is 5.62. The maximum absolute atomic E-state index is 6.23. The van der Waals surface area contributed by atoms with Crippen LogP contribution >= 0.6 is 11.6 Å². The number of rotatable bonds is 5. The molecule has 2 aromatic rings. The molecule has 4 heteroatoms. The van der Waals surface area contributed by atoms with E-state index in [1.165, 1.54) is 0 Å². The molecule has 1 atom stereocenters. The van der Waals surface area contributed by atoms with Crippen LogP contribution in [0.4, 0.5) is 0 Å². The molecule has 18 heavy (non-hydrogen) atoms. The molecule has 0 bridgehead atoms. The van der Waals surface area contributed by atoms with Crippen molar-refractivity contribution in [3.8, 4) is 0 Å². The summed E-state index contributed by atoms with van der Waals surface area (Å²) in [5.74, 6) is 0.942. The molecular formula is C14H18ClN3. The Morgan fingerprint density at radius 1 is 1.44 bits per heavy atom. The quantitative estimate of drug-likeness (QED) is 0.900. The Kier molecular flexibility index (Phi) is 4.39. The first-order chi connectivity index (χ1) is 8.70. The number of nitrogens with two attached hydrogens (primary N) is 1. The second kappa shape index (κ2) is 6.03. The van der Waals surface area contributed by atoms with Gasteiger partial charge in [0.15, 0.2) is 0 Å². The van der Waals surface area contributed by atoms with Crippen molar-refractivity contribution < 1.29 is 0 Å². The lowest BCUT2D eigenvalue weighted by Gasteiger charge is -2.14. The zero-order valence-corrected chi connectivity index (χ0v) is 11.3. The second-order valence-corrected chi connectivity index (χ2v) is 4.86. The van der Waals surface area contributed by atoms with Gasteiger partial charge in [-0.1, -0.05) is 30.7 Å². The highest BCUT2D eigenvalue weighted by Crippen LogP contribution is 2.18. The lowest BCUT2D eigenvalue weighted by molar-refractivity contribution is 0.574. The predicted molar refractivity (Wildman–Crippen MR) is 74.6 cm³/mol. The van der Waals surface area contributed by atoms with Crippen molar-refractivity contribution >= 4 is 11.6 Å². The zero-order valence-electron chi connectivity index (χ0n) is 10.5. The van der Waals surface area contributed by atoms with Gasteiger partial charge in [0.1, 0.15) is 5.82 Å². The first-order valence-electron chi connectivity index (χ1n) is 6.21. The Balaban J connectivity index is 2.11. The van der Waals surface area contributed by atoms with Crippen molar-refractivity contribution in [1.29, 1.82) is 0 Å². The van der Waals surface area contributed by atoms with Crippen LogP contribution < -0.4 is 5.73 Å². The van der Waals surface area contributed by atoms with E-state index in [1.54, 1.807) is 0 Å². The van der Waals surface area contributed by atoms with Gasteiger partial charge < -0.3 is 10.3 Å². The van der Waals surface area contributed by atoms with E-state index in [9.17, 15) is 0 Å². The fourth-order valence-electron chi connectivity index (χ4n) is 2.09. The lowest BCUT2D eigenvalue weighted by atomic mass is 10.1. The van der Waals surface area contributed by atoms with Crippen LogP contribution in [0.15, 0.2) is 36.7 Å². The second-order valence-electron chi connectivity index (χ2n) is 4.42. The van der Waals surface area contributed by atoms with Gasteiger partial charge in [0.05, 0.1) is 6.04 Å². The number of nitrogens with zero attached hydrogens (tertiary/aromatic N) is 2. The number of aromatic nitrogens is 2. The third-order valence-electron chi connectivity index (χ3n) is 2.89. The van der Waals surface area contributed by atoms with Gasteiger partial charge in [0.25, 0.3) is 0 Å². The molecule has 96 valence electrons. The molecule has 0 aliphatic rings. The summed E-state index contributed by atoms with van der Waals surface area (Å²) in [5, 5.41) is 0.747. The largest absolute Gasteiger partial charge is 0.334 e. The standard InChI is InChI=1S/C14H18ClN3/c1-2-7-18-8-6-17-14(18)13(16)10-11-4-3-5-12(15)9-11/h3-6,8-9,13H,2,7,10,16H2,1H3. The van der Waals surface area contributed by atoms with Crippen LogP contribution in [0.2, 0.25) is 5.02 Å². The first-order valence-corrected chi connectivity index (χ1v) is 6.59. The van der Waals surface area contributed by atoms with Crippen LogP contribution in [0, 0.1) is 0 Å². The summed E-state index contributed by atoms with van der Waals surface area (Å²) in [4.78, 5) is 4.36. The first kappa shape index (κ1) is 13.1. The SMILES string of the molecule is CCCn1ccnc1C(N)Cc1cccc(Cl)c1. The maximum atomic E-state index is 6.23. The van der Waals surface area contributed by atoms with E-state index < -0.39 is 0 Å². The molecule has 0 radical (unpaired) electrons. The lowest BCUT2D eigenvalue weighted by Crippen LogP contribution is -2.19. The molecule has 0 fully saturated rings. The summed E-state index contributed by atoms with van der Waals surface area (Å²) in [7, 11) is 0. The zero-order chi connectivity index (χ0) is 13.0. The van der Waals surface area contributed by atoms with E-state index in [4.69, 9.17) is 17.3 Å². The molecule has 1 unspecified atom stereocenters.